The summed E-state index contributed by atoms with van der Waals surface area (Å²) in [6.07, 6.45) is -4.83. The highest BCUT2D eigenvalue weighted by Gasteiger charge is 2.41. The van der Waals surface area contributed by atoms with Crippen molar-refractivity contribution in [2.75, 3.05) is 0 Å². The van der Waals surface area contributed by atoms with Crippen molar-refractivity contribution in [3.05, 3.63) is 175 Å². The number of aromatic nitrogens is 2. The minimum absolute atomic E-state index is 0.0226. The van der Waals surface area contributed by atoms with Gasteiger partial charge in [-0.2, -0.15) is 13.2 Å². The van der Waals surface area contributed by atoms with Gasteiger partial charge in [0.1, 0.15) is 5.56 Å². The lowest BCUT2D eigenvalue weighted by Crippen LogP contribution is -2.17. The number of fused-ring (bicyclic) bond motifs is 14. The van der Waals surface area contributed by atoms with Gasteiger partial charge in [-0.1, -0.05) is 109 Å². The molecule has 0 aliphatic carbocycles. The van der Waals surface area contributed by atoms with Gasteiger partial charge in [0.25, 0.3) is 0 Å². The number of halogens is 3. The molecule has 0 radical (unpaired) electrons. The van der Waals surface area contributed by atoms with E-state index < -0.39 is 11.7 Å². The molecule has 0 amide bonds. The molecule has 274 valence electrons. The summed E-state index contributed by atoms with van der Waals surface area (Å²) < 4.78 is 58.5. The molecule has 4 aromatic heterocycles. The van der Waals surface area contributed by atoms with Crippen LogP contribution in [0.4, 0.5) is 18.9 Å². The van der Waals surface area contributed by atoms with Gasteiger partial charge in [-0.15, -0.1) is 22.7 Å². The molecule has 58 heavy (non-hydrogen) atoms. The molecule has 0 saturated heterocycles. The lowest BCUT2D eigenvalue weighted by molar-refractivity contribution is -0.137. The van der Waals surface area contributed by atoms with E-state index in [1.165, 1.54) is 0 Å². The van der Waals surface area contributed by atoms with Crippen molar-refractivity contribution in [2.24, 2.45) is 0 Å². The van der Waals surface area contributed by atoms with Crippen molar-refractivity contribution in [1.82, 2.24) is 9.13 Å². The van der Waals surface area contributed by atoms with E-state index in [4.69, 9.17) is 6.57 Å². The Morgan fingerprint density at radius 1 is 0.483 bits per heavy atom. The van der Waals surface area contributed by atoms with Gasteiger partial charge >= 0.3 is 6.18 Å². The summed E-state index contributed by atoms with van der Waals surface area (Å²) in [6, 6.07) is 50.4. The van der Waals surface area contributed by atoms with Crippen LogP contribution in [-0.4, -0.2) is 9.13 Å². The highest BCUT2D eigenvalue weighted by Crippen LogP contribution is 2.51. The molecule has 0 atom stereocenters. The van der Waals surface area contributed by atoms with E-state index >= 15 is 13.2 Å². The molecule has 0 bridgehead atoms. The lowest BCUT2D eigenvalue weighted by Gasteiger charge is -2.25. The number of thiophene rings is 2. The van der Waals surface area contributed by atoms with Crippen LogP contribution in [0.1, 0.15) is 5.56 Å². The summed E-state index contributed by atoms with van der Waals surface area (Å²) in [4.78, 5) is 3.68. The van der Waals surface area contributed by atoms with Crippen LogP contribution in [0.25, 0.3) is 111 Å². The first-order valence-corrected chi connectivity index (χ1v) is 20.4. The Labute approximate surface area is 336 Å². The van der Waals surface area contributed by atoms with Gasteiger partial charge in [0.05, 0.1) is 40.0 Å². The number of para-hydroxylation sites is 2. The molecule has 0 spiro atoms. The Balaban J connectivity index is 1.35. The van der Waals surface area contributed by atoms with Crippen molar-refractivity contribution < 1.29 is 13.2 Å². The zero-order valence-corrected chi connectivity index (χ0v) is 31.9. The van der Waals surface area contributed by atoms with E-state index in [0.717, 1.165) is 72.9 Å². The fraction of sp³-hybridized carbons (Fsp3) is 0.0200. The molecule has 8 aromatic carbocycles. The maximum atomic E-state index is 16.9. The Morgan fingerprint density at radius 2 is 1.02 bits per heavy atom. The molecule has 12 aromatic rings. The van der Waals surface area contributed by atoms with Crippen LogP contribution < -0.4 is 0 Å². The molecular formula is C50H26F3N3S2. The second-order valence-corrected chi connectivity index (χ2v) is 16.8. The quantitative estimate of drug-likeness (QED) is 0.158. The van der Waals surface area contributed by atoms with Crippen molar-refractivity contribution in [1.29, 1.82) is 0 Å². The van der Waals surface area contributed by atoms with Gasteiger partial charge < -0.3 is 9.13 Å². The molecule has 0 aliphatic rings. The van der Waals surface area contributed by atoms with E-state index in [9.17, 15) is 0 Å². The molecule has 0 unspecified atom stereocenters. The van der Waals surface area contributed by atoms with E-state index in [-0.39, 0.29) is 11.4 Å². The number of rotatable bonds is 3. The Hall–Kier alpha value is -6.92. The summed E-state index contributed by atoms with van der Waals surface area (Å²) in [5.74, 6) is 0. The largest absolute Gasteiger partial charge is 0.420 e. The zero-order valence-electron chi connectivity index (χ0n) is 30.3. The molecule has 8 heteroatoms. The van der Waals surface area contributed by atoms with Gasteiger partial charge in [0.2, 0.25) is 0 Å². The van der Waals surface area contributed by atoms with Gasteiger partial charge in [-0.05, 0) is 54.1 Å². The number of benzene rings is 8. The maximum absolute atomic E-state index is 16.9. The molecule has 0 saturated carbocycles. The van der Waals surface area contributed by atoms with Crippen LogP contribution >= 0.6 is 22.7 Å². The van der Waals surface area contributed by atoms with Gasteiger partial charge in [0, 0.05) is 67.5 Å². The normalized spacial score (nSPS) is 12.4. The van der Waals surface area contributed by atoms with Crippen LogP contribution in [0.2, 0.25) is 0 Å². The molecule has 12 rings (SSSR count). The summed E-state index contributed by atoms with van der Waals surface area (Å²) in [5, 5.41) is 7.34. The Bertz CT molecular complexity index is 3760. The Morgan fingerprint density at radius 3 is 1.60 bits per heavy atom. The smallest absolute Gasteiger partial charge is 0.308 e. The molecule has 0 aliphatic heterocycles. The van der Waals surface area contributed by atoms with Crippen LogP contribution in [0.5, 0.6) is 0 Å². The van der Waals surface area contributed by atoms with Gasteiger partial charge in [-0.3, -0.25) is 0 Å². The van der Waals surface area contributed by atoms with E-state index in [2.05, 4.69) is 47.3 Å². The summed E-state index contributed by atoms with van der Waals surface area (Å²) in [6.45, 7) is 7.83. The van der Waals surface area contributed by atoms with Crippen LogP contribution in [-0.2, 0) is 6.18 Å². The first-order valence-electron chi connectivity index (χ1n) is 18.8. The SMILES string of the molecule is [C-]#[N+]c1cccc(-c2ccc(-n3c4ccccc4c4ccc5sc6ccccc6c5c43)c(C(F)(F)F)c2-n2c3ccccc3c3ccc4sc5ccccc5c4c32)c1. The van der Waals surface area contributed by atoms with Crippen LogP contribution in [0, 0.1) is 6.57 Å². The first kappa shape index (κ1) is 33.2. The average Bonchev–Trinajstić information content (AvgIpc) is 4.00. The monoisotopic (exact) mass is 789 g/mol. The van der Waals surface area contributed by atoms with Crippen LogP contribution in [0.15, 0.2) is 158 Å². The second-order valence-electron chi connectivity index (χ2n) is 14.6. The molecule has 4 heterocycles. The highest BCUT2D eigenvalue weighted by atomic mass is 32.1. The molecular weight excluding hydrogens is 764 g/mol. The molecule has 0 N–H and O–H groups in total. The fourth-order valence-electron chi connectivity index (χ4n) is 9.27. The maximum Gasteiger partial charge on any atom is 0.420 e. The third-order valence-electron chi connectivity index (χ3n) is 11.5. The highest BCUT2D eigenvalue weighted by molar-refractivity contribution is 7.26. The summed E-state index contributed by atoms with van der Waals surface area (Å²) in [5.41, 5.74) is 3.38. The zero-order chi connectivity index (χ0) is 38.9. The topological polar surface area (TPSA) is 14.2 Å². The van der Waals surface area contributed by atoms with E-state index in [1.807, 2.05) is 94.1 Å². The average molecular weight is 790 g/mol. The second kappa shape index (κ2) is 12.0. The third-order valence-corrected chi connectivity index (χ3v) is 13.8. The van der Waals surface area contributed by atoms with Gasteiger partial charge in [-0.25, -0.2) is 4.85 Å². The number of alkyl halides is 3. The predicted octanol–water partition coefficient (Wildman–Crippen LogP) is 15.9. The first-order chi connectivity index (χ1) is 28.4. The fourth-order valence-corrected chi connectivity index (χ4v) is 11.5. The van der Waals surface area contributed by atoms with E-state index in [1.54, 1.807) is 53.0 Å². The summed E-state index contributed by atoms with van der Waals surface area (Å²) >= 11 is 3.29. The van der Waals surface area contributed by atoms with Gasteiger partial charge in [0.15, 0.2) is 5.69 Å². The predicted molar refractivity (Wildman–Crippen MR) is 238 cm³/mol. The Kier molecular flexibility index (Phi) is 6.90. The number of hydrogen-bond acceptors (Lipinski definition) is 2. The lowest BCUT2D eigenvalue weighted by atomic mass is 9.96. The van der Waals surface area contributed by atoms with E-state index in [0.29, 0.717) is 27.8 Å². The van der Waals surface area contributed by atoms with Crippen molar-refractivity contribution in [2.45, 2.75) is 6.18 Å². The minimum atomic E-state index is -4.83. The molecule has 0 fully saturated rings. The van der Waals surface area contributed by atoms with Crippen molar-refractivity contribution in [3.63, 3.8) is 0 Å². The minimum Gasteiger partial charge on any atom is -0.308 e. The van der Waals surface area contributed by atoms with Crippen LogP contribution in [0.3, 0.4) is 0 Å². The molecule has 3 nitrogen and oxygen atoms in total. The standard InChI is InChI=1S/C50H26F3N3S2/c1-54-29-12-10-11-28(27-29)30-21-24-39(55-37-17-6-2-13-31(37)33-22-25-42-44(47(33)55)35-15-4-8-19-40(35)57-42)46(50(51,52)53)49(30)56-38-18-7-3-14-32(38)34-23-26-43-45(48(34)56)36-16-5-9-20-41(36)58-43/h2-27H. The number of nitrogens with zero attached hydrogens (tertiary/aromatic N) is 3. The van der Waals surface area contributed by atoms with Crippen molar-refractivity contribution >= 4 is 112 Å². The number of hydrogen-bond donors (Lipinski definition) is 0. The summed E-state index contributed by atoms with van der Waals surface area (Å²) in [7, 11) is 0. The van der Waals surface area contributed by atoms with Crippen molar-refractivity contribution in [3.8, 4) is 22.5 Å². The third kappa shape index (κ3) is 4.54.